The minimum absolute atomic E-state index is 0.0239. The second kappa shape index (κ2) is 6.69. The van der Waals surface area contributed by atoms with Crippen LogP contribution in [0.25, 0.3) is 0 Å². The highest BCUT2D eigenvalue weighted by Crippen LogP contribution is 2.38. The van der Waals surface area contributed by atoms with Gasteiger partial charge in [0.25, 0.3) is 0 Å². The molecular formula is C18H26N2O2. The van der Waals surface area contributed by atoms with E-state index in [9.17, 15) is 4.79 Å². The monoisotopic (exact) mass is 302 g/mol. The van der Waals surface area contributed by atoms with E-state index in [1.807, 2.05) is 12.1 Å². The van der Waals surface area contributed by atoms with E-state index in [-0.39, 0.29) is 18.0 Å². The fourth-order valence-electron chi connectivity index (χ4n) is 3.78. The second-order valence-electron chi connectivity index (χ2n) is 6.47. The molecule has 120 valence electrons. The number of nitrogens with zero attached hydrogens (tertiary/aromatic N) is 1. The summed E-state index contributed by atoms with van der Waals surface area (Å²) in [6.45, 7) is 2.83. The van der Waals surface area contributed by atoms with E-state index in [2.05, 4.69) is 24.0 Å². The zero-order valence-electron chi connectivity index (χ0n) is 13.3. The molecule has 4 heteroatoms. The van der Waals surface area contributed by atoms with Crippen molar-refractivity contribution in [2.75, 3.05) is 6.61 Å². The molecule has 2 aliphatic rings. The number of carbonyl (C=O) groups is 1. The van der Waals surface area contributed by atoms with Crippen LogP contribution in [0.1, 0.15) is 57.1 Å². The Kier molecular flexibility index (Phi) is 4.67. The molecule has 0 aromatic heterocycles. The predicted molar refractivity (Wildman–Crippen MR) is 86.7 cm³/mol. The van der Waals surface area contributed by atoms with E-state index in [1.54, 1.807) is 0 Å². The maximum Gasteiger partial charge on any atom is 0.225 e. The summed E-state index contributed by atoms with van der Waals surface area (Å²) in [6, 6.07) is 8.42. The van der Waals surface area contributed by atoms with Gasteiger partial charge in [-0.25, -0.2) is 0 Å². The molecule has 1 saturated heterocycles. The van der Waals surface area contributed by atoms with Crippen molar-refractivity contribution in [1.82, 2.24) is 4.90 Å². The number of carbonyl (C=O) groups excluding carboxylic acids is 1. The van der Waals surface area contributed by atoms with Crippen LogP contribution in [-0.2, 0) is 4.79 Å². The lowest BCUT2D eigenvalue weighted by Gasteiger charge is -2.32. The highest BCUT2D eigenvalue weighted by molar-refractivity contribution is 5.80. The van der Waals surface area contributed by atoms with E-state index in [1.165, 1.54) is 12.8 Å². The molecule has 1 aliphatic heterocycles. The maximum absolute atomic E-state index is 12.4. The molecule has 1 saturated carbocycles. The zero-order chi connectivity index (χ0) is 15.5. The van der Waals surface area contributed by atoms with Crippen LogP contribution >= 0.6 is 0 Å². The van der Waals surface area contributed by atoms with Crippen molar-refractivity contribution in [3.8, 4) is 5.75 Å². The van der Waals surface area contributed by atoms with Crippen molar-refractivity contribution in [1.29, 1.82) is 0 Å². The summed E-state index contributed by atoms with van der Waals surface area (Å²) >= 11 is 0. The molecule has 1 aliphatic carbocycles. The molecule has 2 atom stereocenters. The molecule has 0 spiro atoms. The number of amides is 1. The first-order valence-electron chi connectivity index (χ1n) is 8.50. The first-order chi connectivity index (χ1) is 10.7. The Hall–Kier alpha value is -1.55. The van der Waals surface area contributed by atoms with Gasteiger partial charge in [-0.15, -0.1) is 0 Å². The minimum Gasteiger partial charge on any atom is -0.494 e. The predicted octanol–water partition coefficient (Wildman–Crippen LogP) is 3.02. The highest BCUT2D eigenvalue weighted by atomic mass is 16.5. The standard InChI is InChI=1S/C18H26N2O2/c1-2-11-22-15-9-7-13(8-10-15)18-16(19)12-17(21)20(18)14-5-3-4-6-14/h7-10,14,16,18H,2-6,11-12,19H2,1H3. The third-order valence-corrected chi connectivity index (χ3v) is 4.82. The van der Waals surface area contributed by atoms with Crippen LogP contribution < -0.4 is 10.5 Å². The molecule has 0 radical (unpaired) electrons. The molecule has 2 fully saturated rings. The summed E-state index contributed by atoms with van der Waals surface area (Å²) in [5, 5.41) is 0. The van der Waals surface area contributed by atoms with Gasteiger partial charge in [0.05, 0.1) is 12.6 Å². The Bertz CT molecular complexity index is 508. The third kappa shape index (κ3) is 2.98. The highest BCUT2D eigenvalue weighted by Gasteiger charge is 2.42. The van der Waals surface area contributed by atoms with Gasteiger partial charge in [-0.2, -0.15) is 0 Å². The van der Waals surface area contributed by atoms with Crippen molar-refractivity contribution in [3.05, 3.63) is 29.8 Å². The molecule has 3 rings (SSSR count). The van der Waals surface area contributed by atoms with Crippen LogP contribution in [0.2, 0.25) is 0 Å². The molecule has 0 bridgehead atoms. The fourth-order valence-corrected chi connectivity index (χ4v) is 3.78. The SMILES string of the molecule is CCCOc1ccc(C2C(N)CC(=O)N2C2CCCC2)cc1. The van der Waals surface area contributed by atoms with Crippen molar-refractivity contribution < 1.29 is 9.53 Å². The van der Waals surface area contributed by atoms with E-state index < -0.39 is 0 Å². The lowest BCUT2D eigenvalue weighted by Crippen LogP contribution is -2.39. The molecule has 1 heterocycles. The van der Waals surface area contributed by atoms with Crippen molar-refractivity contribution in [2.24, 2.45) is 5.73 Å². The summed E-state index contributed by atoms with van der Waals surface area (Å²) < 4.78 is 5.64. The van der Waals surface area contributed by atoms with Gasteiger partial charge in [-0.1, -0.05) is 31.9 Å². The lowest BCUT2D eigenvalue weighted by atomic mass is 9.99. The Morgan fingerprint density at radius 1 is 1.23 bits per heavy atom. The molecule has 2 N–H and O–H groups in total. The van der Waals surface area contributed by atoms with Crippen molar-refractivity contribution in [3.63, 3.8) is 0 Å². The van der Waals surface area contributed by atoms with Crippen LogP contribution in [0.3, 0.4) is 0 Å². The molecule has 1 aromatic rings. The van der Waals surface area contributed by atoms with Gasteiger partial charge in [0.15, 0.2) is 0 Å². The second-order valence-corrected chi connectivity index (χ2v) is 6.47. The number of nitrogens with two attached hydrogens (primary N) is 1. The summed E-state index contributed by atoms with van der Waals surface area (Å²) in [7, 11) is 0. The van der Waals surface area contributed by atoms with Crippen LogP contribution in [0.15, 0.2) is 24.3 Å². The summed E-state index contributed by atoms with van der Waals surface area (Å²) in [6.07, 6.45) is 6.15. The molecule has 2 unspecified atom stereocenters. The Morgan fingerprint density at radius 2 is 1.91 bits per heavy atom. The number of hydrogen-bond donors (Lipinski definition) is 1. The normalized spacial score (nSPS) is 25.9. The van der Waals surface area contributed by atoms with Gasteiger partial charge in [0.2, 0.25) is 5.91 Å². The van der Waals surface area contributed by atoms with E-state index in [4.69, 9.17) is 10.5 Å². The quantitative estimate of drug-likeness (QED) is 0.909. The van der Waals surface area contributed by atoms with E-state index in [0.29, 0.717) is 12.5 Å². The van der Waals surface area contributed by atoms with Gasteiger partial charge >= 0.3 is 0 Å². The van der Waals surface area contributed by atoms with Crippen molar-refractivity contribution in [2.45, 2.75) is 63.6 Å². The first kappa shape index (κ1) is 15.3. The lowest BCUT2D eigenvalue weighted by molar-refractivity contribution is -0.131. The van der Waals surface area contributed by atoms with Crippen LogP contribution in [-0.4, -0.2) is 29.5 Å². The molecular weight excluding hydrogens is 276 g/mol. The molecule has 4 nitrogen and oxygen atoms in total. The average molecular weight is 302 g/mol. The third-order valence-electron chi connectivity index (χ3n) is 4.82. The fraction of sp³-hybridized carbons (Fsp3) is 0.611. The van der Waals surface area contributed by atoms with Gasteiger partial charge in [-0.05, 0) is 37.0 Å². The molecule has 22 heavy (non-hydrogen) atoms. The van der Waals surface area contributed by atoms with Gasteiger partial charge in [0.1, 0.15) is 5.75 Å². The Morgan fingerprint density at radius 3 is 2.55 bits per heavy atom. The Balaban J connectivity index is 1.79. The van der Waals surface area contributed by atoms with Gasteiger partial charge < -0.3 is 15.4 Å². The topological polar surface area (TPSA) is 55.6 Å². The summed E-state index contributed by atoms with van der Waals surface area (Å²) in [5.74, 6) is 1.10. The minimum atomic E-state index is -0.101. The number of ether oxygens (including phenoxy) is 1. The summed E-state index contributed by atoms with van der Waals surface area (Å²) in [5.41, 5.74) is 7.42. The molecule has 1 amide bonds. The smallest absolute Gasteiger partial charge is 0.225 e. The average Bonchev–Trinajstić information content (AvgIpc) is 3.13. The number of benzene rings is 1. The number of rotatable bonds is 5. The van der Waals surface area contributed by atoms with Crippen LogP contribution in [0.5, 0.6) is 5.75 Å². The summed E-state index contributed by atoms with van der Waals surface area (Å²) in [4.78, 5) is 14.5. The number of hydrogen-bond acceptors (Lipinski definition) is 3. The number of likely N-dealkylation sites (tertiary alicyclic amines) is 1. The molecule has 1 aromatic carbocycles. The van der Waals surface area contributed by atoms with Crippen LogP contribution in [0, 0.1) is 0 Å². The van der Waals surface area contributed by atoms with Crippen molar-refractivity contribution >= 4 is 5.91 Å². The zero-order valence-corrected chi connectivity index (χ0v) is 13.3. The maximum atomic E-state index is 12.4. The van der Waals surface area contributed by atoms with Crippen LogP contribution in [0.4, 0.5) is 0 Å². The van der Waals surface area contributed by atoms with E-state index >= 15 is 0 Å². The van der Waals surface area contributed by atoms with Gasteiger partial charge in [0, 0.05) is 18.5 Å². The Labute approximate surface area is 132 Å². The van der Waals surface area contributed by atoms with E-state index in [0.717, 1.165) is 37.2 Å². The largest absolute Gasteiger partial charge is 0.494 e. The van der Waals surface area contributed by atoms with Gasteiger partial charge in [-0.3, -0.25) is 4.79 Å². The first-order valence-corrected chi connectivity index (χ1v) is 8.50.